The lowest BCUT2D eigenvalue weighted by atomic mass is 10.1. The summed E-state index contributed by atoms with van der Waals surface area (Å²) in [6.07, 6.45) is 2.05. The summed E-state index contributed by atoms with van der Waals surface area (Å²) < 4.78 is 0. The van der Waals surface area contributed by atoms with E-state index in [9.17, 15) is 4.79 Å². The molecule has 17 heavy (non-hydrogen) atoms. The highest BCUT2D eigenvalue weighted by Gasteiger charge is 2.32. The average molecular weight is 232 g/mol. The Morgan fingerprint density at radius 1 is 1.59 bits per heavy atom. The van der Waals surface area contributed by atoms with Crippen LogP contribution in [-0.2, 0) is 4.79 Å². The van der Waals surface area contributed by atoms with Gasteiger partial charge in [0.05, 0.1) is 5.39 Å². The number of rotatable bonds is 2. The molecule has 0 aliphatic carbocycles. The highest BCUT2D eigenvalue weighted by atomic mass is 16.3. The third-order valence-electron chi connectivity index (χ3n) is 3.04. The van der Waals surface area contributed by atoms with E-state index in [1.165, 1.54) is 0 Å². The van der Waals surface area contributed by atoms with Gasteiger partial charge in [-0.3, -0.25) is 14.8 Å². The van der Waals surface area contributed by atoms with Gasteiger partial charge in [0, 0.05) is 31.7 Å². The molecule has 1 fully saturated rings. The molecule has 1 aliphatic rings. The number of aliphatic hydroxyl groups excluding tert-OH is 1. The molecule has 3 heterocycles. The van der Waals surface area contributed by atoms with Crippen LogP contribution in [0.1, 0.15) is 6.42 Å². The number of aromatic nitrogens is 3. The Kier molecular flexibility index (Phi) is 2.29. The van der Waals surface area contributed by atoms with Crippen LogP contribution in [0.4, 0.5) is 5.82 Å². The fraction of sp³-hybridized carbons (Fsp3) is 0.364. The first kappa shape index (κ1) is 10.2. The van der Waals surface area contributed by atoms with Crippen LogP contribution in [0.25, 0.3) is 11.0 Å². The molecular formula is C11H12N4O2. The molecule has 0 aromatic carbocycles. The van der Waals surface area contributed by atoms with Crippen molar-refractivity contribution in [1.82, 2.24) is 15.2 Å². The van der Waals surface area contributed by atoms with Gasteiger partial charge < -0.3 is 5.11 Å². The Labute approximate surface area is 97.3 Å². The first-order chi connectivity index (χ1) is 8.29. The molecule has 0 spiro atoms. The van der Waals surface area contributed by atoms with Crippen molar-refractivity contribution in [3.05, 3.63) is 18.3 Å². The Morgan fingerprint density at radius 2 is 2.47 bits per heavy atom. The minimum Gasteiger partial charge on any atom is -0.396 e. The van der Waals surface area contributed by atoms with Crippen molar-refractivity contribution < 1.29 is 9.90 Å². The molecule has 88 valence electrons. The molecule has 1 aliphatic heterocycles. The second-order valence-electron chi connectivity index (χ2n) is 4.20. The van der Waals surface area contributed by atoms with Crippen LogP contribution in [0.2, 0.25) is 0 Å². The number of fused-ring (bicyclic) bond motifs is 1. The Bertz CT molecular complexity index is 565. The van der Waals surface area contributed by atoms with E-state index in [2.05, 4.69) is 15.2 Å². The summed E-state index contributed by atoms with van der Waals surface area (Å²) in [5.41, 5.74) is 0.669. The maximum Gasteiger partial charge on any atom is 0.228 e. The zero-order valence-corrected chi connectivity index (χ0v) is 9.13. The maximum atomic E-state index is 11.8. The quantitative estimate of drug-likeness (QED) is 0.780. The highest BCUT2D eigenvalue weighted by molar-refractivity contribution is 6.01. The van der Waals surface area contributed by atoms with Gasteiger partial charge >= 0.3 is 0 Å². The van der Waals surface area contributed by atoms with Crippen molar-refractivity contribution in [2.24, 2.45) is 5.92 Å². The smallest absolute Gasteiger partial charge is 0.228 e. The SMILES string of the molecule is O=C1CC(CO)CN1c1n[nH]c2ncccc12. The van der Waals surface area contributed by atoms with Crippen LogP contribution in [0.3, 0.4) is 0 Å². The van der Waals surface area contributed by atoms with E-state index in [1.54, 1.807) is 11.1 Å². The van der Waals surface area contributed by atoms with E-state index >= 15 is 0 Å². The van der Waals surface area contributed by atoms with Gasteiger partial charge in [-0.2, -0.15) is 5.10 Å². The average Bonchev–Trinajstić information content (AvgIpc) is 2.92. The summed E-state index contributed by atoms with van der Waals surface area (Å²) in [6.45, 7) is 0.549. The van der Waals surface area contributed by atoms with Crippen molar-refractivity contribution in [1.29, 1.82) is 0 Å². The van der Waals surface area contributed by atoms with Crippen LogP contribution in [0, 0.1) is 5.92 Å². The van der Waals surface area contributed by atoms with Gasteiger partial charge in [0.2, 0.25) is 5.91 Å². The number of amides is 1. The van der Waals surface area contributed by atoms with E-state index in [-0.39, 0.29) is 18.4 Å². The Morgan fingerprint density at radius 3 is 3.24 bits per heavy atom. The number of H-pyrrole nitrogens is 1. The molecule has 0 radical (unpaired) electrons. The van der Waals surface area contributed by atoms with Gasteiger partial charge in [-0.15, -0.1) is 0 Å². The summed E-state index contributed by atoms with van der Waals surface area (Å²) in [6, 6.07) is 3.69. The molecule has 3 rings (SSSR count). The molecule has 2 aromatic rings. The Balaban J connectivity index is 2.02. The van der Waals surface area contributed by atoms with Crippen molar-refractivity contribution in [3.8, 4) is 0 Å². The van der Waals surface area contributed by atoms with Gasteiger partial charge in [0.1, 0.15) is 0 Å². The third kappa shape index (κ3) is 1.57. The first-order valence-corrected chi connectivity index (χ1v) is 5.50. The van der Waals surface area contributed by atoms with Crippen LogP contribution >= 0.6 is 0 Å². The van der Waals surface area contributed by atoms with Gasteiger partial charge in [0.25, 0.3) is 0 Å². The van der Waals surface area contributed by atoms with E-state index in [0.717, 1.165) is 5.39 Å². The van der Waals surface area contributed by atoms with Crippen LogP contribution in [0.5, 0.6) is 0 Å². The molecule has 0 saturated carbocycles. The monoisotopic (exact) mass is 232 g/mol. The lowest BCUT2D eigenvalue weighted by Gasteiger charge is -2.13. The summed E-state index contributed by atoms with van der Waals surface area (Å²) >= 11 is 0. The van der Waals surface area contributed by atoms with Gasteiger partial charge in [0.15, 0.2) is 11.5 Å². The Hall–Kier alpha value is -1.95. The van der Waals surface area contributed by atoms with Crippen LogP contribution < -0.4 is 4.90 Å². The summed E-state index contributed by atoms with van der Waals surface area (Å²) in [7, 11) is 0. The highest BCUT2D eigenvalue weighted by Crippen LogP contribution is 2.28. The number of nitrogens with zero attached hydrogens (tertiary/aromatic N) is 3. The maximum absolute atomic E-state index is 11.8. The number of hydrogen-bond acceptors (Lipinski definition) is 4. The number of carbonyl (C=O) groups excluding carboxylic acids is 1. The van der Waals surface area contributed by atoms with Gasteiger partial charge in [-0.1, -0.05) is 0 Å². The number of aliphatic hydroxyl groups is 1. The van der Waals surface area contributed by atoms with Crippen molar-refractivity contribution in [2.45, 2.75) is 6.42 Å². The zero-order chi connectivity index (χ0) is 11.8. The molecule has 1 amide bonds. The van der Waals surface area contributed by atoms with E-state index in [0.29, 0.717) is 24.4 Å². The molecule has 1 atom stereocenters. The molecule has 2 N–H and O–H groups in total. The normalized spacial score (nSPS) is 20.4. The second kappa shape index (κ2) is 3.81. The standard InChI is InChI=1S/C11H12N4O2/c16-6-7-4-9(17)15(5-7)11-8-2-1-3-12-10(8)13-14-11/h1-3,7,16H,4-6H2,(H,12,13,14). The zero-order valence-electron chi connectivity index (χ0n) is 9.13. The van der Waals surface area contributed by atoms with Crippen LogP contribution in [-0.4, -0.2) is 39.3 Å². The topological polar surface area (TPSA) is 82.1 Å². The lowest BCUT2D eigenvalue weighted by molar-refractivity contribution is -0.117. The fourth-order valence-electron chi connectivity index (χ4n) is 2.16. The number of aromatic amines is 1. The minimum absolute atomic E-state index is 0.00121. The van der Waals surface area contributed by atoms with E-state index in [4.69, 9.17) is 5.11 Å². The molecule has 1 saturated heterocycles. The number of carbonyl (C=O) groups is 1. The largest absolute Gasteiger partial charge is 0.396 e. The summed E-state index contributed by atoms with van der Waals surface area (Å²) in [5.74, 6) is 0.612. The van der Waals surface area contributed by atoms with E-state index in [1.807, 2.05) is 12.1 Å². The van der Waals surface area contributed by atoms with Gasteiger partial charge in [-0.25, -0.2) is 4.98 Å². The predicted octanol–water partition coefficient (Wildman–Crippen LogP) is 0.303. The summed E-state index contributed by atoms with van der Waals surface area (Å²) in [4.78, 5) is 17.6. The molecule has 2 aromatic heterocycles. The number of nitrogens with one attached hydrogen (secondary N) is 1. The fourth-order valence-corrected chi connectivity index (χ4v) is 2.16. The van der Waals surface area contributed by atoms with Crippen LogP contribution in [0.15, 0.2) is 18.3 Å². The number of pyridine rings is 1. The lowest BCUT2D eigenvalue weighted by Crippen LogP contribution is -2.25. The molecule has 6 heteroatoms. The van der Waals surface area contributed by atoms with E-state index < -0.39 is 0 Å². The number of hydrogen-bond donors (Lipinski definition) is 2. The minimum atomic E-state index is 0.00121. The number of anilines is 1. The molecule has 1 unspecified atom stereocenters. The molecular weight excluding hydrogens is 220 g/mol. The molecule has 0 bridgehead atoms. The molecule has 6 nitrogen and oxygen atoms in total. The third-order valence-corrected chi connectivity index (χ3v) is 3.04. The van der Waals surface area contributed by atoms with Crippen molar-refractivity contribution >= 4 is 22.8 Å². The summed E-state index contributed by atoms with van der Waals surface area (Å²) in [5, 5.41) is 16.9. The predicted molar refractivity (Wildman–Crippen MR) is 61.4 cm³/mol. The van der Waals surface area contributed by atoms with Crippen molar-refractivity contribution in [3.63, 3.8) is 0 Å². The van der Waals surface area contributed by atoms with Crippen molar-refractivity contribution in [2.75, 3.05) is 18.1 Å². The first-order valence-electron chi connectivity index (χ1n) is 5.50. The second-order valence-corrected chi connectivity index (χ2v) is 4.20. The van der Waals surface area contributed by atoms with Gasteiger partial charge in [-0.05, 0) is 12.1 Å².